The molecule has 0 bridgehead atoms. The van der Waals surface area contributed by atoms with Crippen molar-refractivity contribution in [3.63, 3.8) is 0 Å². The third kappa shape index (κ3) is 5.25. The molecule has 0 saturated heterocycles. The molecular formula is C24H39N. The minimum absolute atomic E-state index is 0.813. The fourth-order valence-corrected chi connectivity index (χ4v) is 5.48. The van der Waals surface area contributed by atoms with Gasteiger partial charge in [-0.05, 0) is 79.9 Å². The summed E-state index contributed by atoms with van der Waals surface area (Å²) >= 11 is 0. The van der Waals surface area contributed by atoms with Gasteiger partial charge < -0.3 is 5.32 Å². The van der Waals surface area contributed by atoms with Crippen molar-refractivity contribution in [1.29, 1.82) is 0 Å². The van der Waals surface area contributed by atoms with E-state index >= 15 is 0 Å². The maximum absolute atomic E-state index is 3.23. The molecule has 0 heterocycles. The van der Waals surface area contributed by atoms with Gasteiger partial charge in [0, 0.05) is 12.7 Å². The zero-order valence-corrected chi connectivity index (χ0v) is 16.6. The highest BCUT2D eigenvalue weighted by Crippen LogP contribution is 2.44. The Bertz CT molecular complexity index is 475. The van der Waals surface area contributed by atoms with Gasteiger partial charge in [0.2, 0.25) is 0 Å². The van der Waals surface area contributed by atoms with Crippen LogP contribution in [0.15, 0.2) is 24.3 Å². The van der Waals surface area contributed by atoms with Crippen LogP contribution in [0.5, 0.6) is 0 Å². The van der Waals surface area contributed by atoms with E-state index < -0.39 is 0 Å². The summed E-state index contributed by atoms with van der Waals surface area (Å²) in [5.41, 5.74) is 2.80. The van der Waals surface area contributed by atoms with Crippen LogP contribution < -0.4 is 5.32 Å². The number of rotatable bonds is 7. The molecule has 1 aromatic carbocycles. The van der Waals surface area contributed by atoms with E-state index in [9.17, 15) is 0 Å². The van der Waals surface area contributed by atoms with Crippen LogP contribution in [0.4, 0.5) is 5.69 Å². The first-order chi connectivity index (χ1) is 12.3. The topological polar surface area (TPSA) is 12.0 Å². The molecule has 0 aromatic heterocycles. The Morgan fingerprint density at radius 1 is 0.800 bits per heavy atom. The second-order valence-corrected chi connectivity index (χ2v) is 8.76. The highest BCUT2D eigenvalue weighted by atomic mass is 14.8. The Morgan fingerprint density at radius 2 is 1.40 bits per heavy atom. The first-order valence-corrected chi connectivity index (χ1v) is 11.1. The molecule has 0 aliphatic heterocycles. The number of unbranched alkanes of at least 4 members (excludes halogenated alkanes) is 2. The van der Waals surface area contributed by atoms with E-state index in [1.165, 1.54) is 82.7 Å². The fourth-order valence-electron chi connectivity index (χ4n) is 5.48. The van der Waals surface area contributed by atoms with Gasteiger partial charge >= 0.3 is 0 Å². The smallest absolute Gasteiger partial charge is 0.0337 e. The van der Waals surface area contributed by atoms with Gasteiger partial charge in [-0.15, -0.1) is 0 Å². The molecule has 0 spiro atoms. The summed E-state index contributed by atoms with van der Waals surface area (Å²) in [4.78, 5) is 0. The fraction of sp³-hybridized carbons (Fsp3) is 0.750. The summed E-state index contributed by atoms with van der Waals surface area (Å²) in [6, 6.07) is 9.17. The van der Waals surface area contributed by atoms with Gasteiger partial charge in [0.05, 0.1) is 0 Å². The van der Waals surface area contributed by atoms with Crippen molar-refractivity contribution >= 4 is 5.69 Å². The quantitative estimate of drug-likeness (QED) is 0.510. The summed E-state index contributed by atoms with van der Waals surface area (Å²) in [6.45, 7) is 2.32. The molecule has 2 aliphatic carbocycles. The maximum atomic E-state index is 3.23. The monoisotopic (exact) mass is 341 g/mol. The number of hydrogen-bond donors (Lipinski definition) is 1. The molecule has 2 aliphatic rings. The lowest BCUT2D eigenvalue weighted by molar-refractivity contribution is 0.155. The largest absolute Gasteiger partial charge is 0.388 e. The van der Waals surface area contributed by atoms with E-state index in [-0.39, 0.29) is 0 Å². The SMILES string of the molecule is CCCCCC1CCC(C2CCC(c3ccc(NC)cc3)CC2)CC1. The van der Waals surface area contributed by atoms with Gasteiger partial charge in [0.15, 0.2) is 0 Å². The van der Waals surface area contributed by atoms with E-state index in [0.29, 0.717) is 0 Å². The Labute approximate surface area is 156 Å². The number of hydrogen-bond acceptors (Lipinski definition) is 1. The Morgan fingerprint density at radius 3 is 1.96 bits per heavy atom. The van der Waals surface area contributed by atoms with Crippen molar-refractivity contribution < 1.29 is 0 Å². The molecule has 2 saturated carbocycles. The highest BCUT2D eigenvalue weighted by molar-refractivity contribution is 5.44. The normalized spacial score (nSPS) is 30.2. The van der Waals surface area contributed by atoms with Crippen molar-refractivity contribution in [2.45, 2.75) is 89.9 Å². The lowest BCUT2D eigenvalue weighted by Crippen LogP contribution is -2.25. The molecule has 1 nitrogen and oxygen atoms in total. The number of anilines is 1. The molecule has 2 fully saturated rings. The van der Waals surface area contributed by atoms with Crippen LogP contribution in [0.2, 0.25) is 0 Å². The first kappa shape index (κ1) is 18.8. The molecule has 140 valence electrons. The van der Waals surface area contributed by atoms with E-state index in [1.54, 1.807) is 5.56 Å². The van der Waals surface area contributed by atoms with Crippen LogP contribution in [0.1, 0.15) is 95.5 Å². The van der Waals surface area contributed by atoms with E-state index in [4.69, 9.17) is 0 Å². The number of benzene rings is 1. The first-order valence-electron chi connectivity index (χ1n) is 11.1. The van der Waals surface area contributed by atoms with Crippen LogP contribution in [0.3, 0.4) is 0 Å². The van der Waals surface area contributed by atoms with E-state index in [1.807, 2.05) is 7.05 Å². The molecule has 25 heavy (non-hydrogen) atoms. The molecule has 1 aromatic rings. The van der Waals surface area contributed by atoms with Crippen LogP contribution in [0.25, 0.3) is 0 Å². The van der Waals surface area contributed by atoms with Crippen molar-refractivity contribution in [3.8, 4) is 0 Å². The van der Waals surface area contributed by atoms with E-state index in [0.717, 1.165) is 23.7 Å². The lowest BCUT2D eigenvalue weighted by Gasteiger charge is -2.38. The predicted molar refractivity (Wildman–Crippen MR) is 110 cm³/mol. The molecule has 0 unspecified atom stereocenters. The van der Waals surface area contributed by atoms with Gasteiger partial charge in [0.1, 0.15) is 0 Å². The molecule has 1 heteroatoms. The molecular weight excluding hydrogens is 302 g/mol. The Balaban J connectivity index is 1.40. The van der Waals surface area contributed by atoms with Crippen molar-refractivity contribution in [3.05, 3.63) is 29.8 Å². The average Bonchev–Trinajstić information content (AvgIpc) is 2.69. The van der Waals surface area contributed by atoms with Gasteiger partial charge in [-0.25, -0.2) is 0 Å². The number of nitrogens with one attached hydrogen (secondary N) is 1. The Hall–Kier alpha value is -0.980. The predicted octanol–water partition coefficient (Wildman–Crippen LogP) is 7.39. The summed E-state index contributed by atoms with van der Waals surface area (Å²) in [7, 11) is 2.00. The molecule has 0 amide bonds. The van der Waals surface area contributed by atoms with Crippen molar-refractivity contribution in [2.75, 3.05) is 12.4 Å². The minimum Gasteiger partial charge on any atom is -0.388 e. The third-order valence-corrected chi connectivity index (χ3v) is 7.22. The van der Waals surface area contributed by atoms with Crippen LogP contribution in [-0.2, 0) is 0 Å². The second-order valence-electron chi connectivity index (χ2n) is 8.76. The second kappa shape index (κ2) is 9.64. The summed E-state index contributed by atoms with van der Waals surface area (Å²) in [6.07, 6.45) is 17.7. The van der Waals surface area contributed by atoms with Gasteiger partial charge in [-0.3, -0.25) is 0 Å². The molecule has 3 rings (SSSR count). The maximum Gasteiger partial charge on any atom is 0.0337 e. The standard InChI is InChI=1S/C24H39N/c1-3-4-5-6-19-7-9-20(10-8-19)21-11-13-22(14-12-21)23-15-17-24(25-2)18-16-23/h15-22,25H,3-14H2,1-2H3. The van der Waals surface area contributed by atoms with E-state index in [2.05, 4.69) is 36.5 Å². The van der Waals surface area contributed by atoms with Gasteiger partial charge in [-0.2, -0.15) is 0 Å². The molecule has 1 N–H and O–H groups in total. The molecule has 0 radical (unpaired) electrons. The molecule has 0 atom stereocenters. The zero-order valence-electron chi connectivity index (χ0n) is 16.6. The van der Waals surface area contributed by atoms with Crippen molar-refractivity contribution in [2.24, 2.45) is 17.8 Å². The minimum atomic E-state index is 0.813. The van der Waals surface area contributed by atoms with Crippen LogP contribution >= 0.6 is 0 Å². The summed E-state index contributed by atoms with van der Waals surface area (Å²) in [5.74, 6) is 3.96. The highest BCUT2D eigenvalue weighted by Gasteiger charge is 2.31. The lowest BCUT2D eigenvalue weighted by atomic mass is 9.68. The zero-order chi connectivity index (χ0) is 17.5. The van der Waals surface area contributed by atoms with Crippen molar-refractivity contribution in [1.82, 2.24) is 0 Å². The van der Waals surface area contributed by atoms with Crippen LogP contribution in [-0.4, -0.2) is 7.05 Å². The third-order valence-electron chi connectivity index (χ3n) is 7.22. The van der Waals surface area contributed by atoms with Crippen LogP contribution in [0, 0.1) is 17.8 Å². The van der Waals surface area contributed by atoms with Gasteiger partial charge in [-0.1, -0.05) is 57.6 Å². The Kier molecular flexibility index (Phi) is 7.25. The summed E-state index contributed by atoms with van der Waals surface area (Å²) < 4.78 is 0. The summed E-state index contributed by atoms with van der Waals surface area (Å²) in [5, 5.41) is 3.23. The van der Waals surface area contributed by atoms with Gasteiger partial charge in [0.25, 0.3) is 0 Å². The average molecular weight is 342 g/mol.